The van der Waals surface area contributed by atoms with E-state index in [1.807, 2.05) is 6.92 Å². The summed E-state index contributed by atoms with van der Waals surface area (Å²) in [6.07, 6.45) is -4.04. The van der Waals surface area contributed by atoms with E-state index in [1.165, 1.54) is 12.8 Å². The predicted octanol–water partition coefficient (Wildman–Crippen LogP) is 3.46. The number of amides is 2. The third-order valence-electron chi connectivity index (χ3n) is 6.59. The molecule has 3 rings (SSSR count). The first kappa shape index (κ1) is 27.3. The van der Waals surface area contributed by atoms with Crippen molar-refractivity contribution < 1.29 is 32.6 Å². The maximum atomic E-state index is 13.2. The molecule has 1 aliphatic heterocycles. The first-order valence-electron chi connectivity index (χ1n) is 12.2. The van der Waals surface area contributed by atoms with Crippen molar-refractivity contribution in [3.8, 4) is 5.75 Å². The van der Waals surface area contributed by atoms with Gasteiger partial charge in [0.25, 0.3) is 0 Å². The molecular formula is C25H36F3N3O4. The van der Waals surface area contributed by atoms with Crippen molar-refractivity contribution in [3.63, 3.8) is 0 Å². The molecule has 0 bridgehead atoms. The Morgan fingerprint density at radius 3 is 2.66 bits per heavy atom. The van der Waals surface area contributed by atoms with Gasteiger partial charge in [0.05, 0.1) is 25.5 Å². The van der Waals surface area contributed by atoms with Gasteiger partial charge in [-0.3, -0.25) is 9.59 Å². The summed E-state index contributed by atoms with van der Waals surface area (Å²) >= 11 is 0. The average molecular weight is 500 g/mol. The summed E-state index contributed by atoms with van der Waals surface area (Å²) in [6, 6.07) is 4.45. The molecule has 0 radical (unpaired) electrons. The number of aliphatic hydroxyl groups is 1. The average Bonchev–Trinajstić information content (AvgIpc) is 3.58. The third kappa shape index (κ3) is 8.38. The smallest absolute Gasteiger partial charge is 0.389 e. The molecule has 1 saturated carbocycles. The highest BCUT2D eigenvalue weighted by atomic mass is 19.4. The normalized spacial score (nSPS) is 22.1. The van der Waals surface area contributed by atoms with Crippen LogP contribution in [0, 0.1) is 11.8 Å². The Bertz CT molecular complexity index is 891. The lowest BCUT2D eigenvalue weighted by molar-refractivity contribution is -0.142. The Morgan fingerprint density at radius 1 is 1.31 bits per heavy atom. The van der Waals surface area contributed by atoms with Gasteiger partial charge in [-0.1, -0.05) is 6.92 Å². The lowest BCUT2D eigenvalue weighted by atomic mass is 10.0. The van der Waals surface area contributed by atoms with E-state index in [0.717, 1.165) is 12.5 Å². The highest BCUT2D eigenvalue weighted by Gasteiger charge is 2.32. The third-order valence-corrected chi connectivity index (χ3v) is 6.59. The van der Waals surface area contributed by atoms with E-state index in [0.29, 0.717) is 30.1 Å². The summed E-state index contributed by atoms with van der Waals surface area (Å²) in [4.78, 5) is 29.1. The molecule has 2 amide bonds. The molecule has 0 unspecified atom stereocenters. The molecule has 1 aromatic rings. The Kier molecular flexibility index (Phi) is 9.04. The zero-order valence-electron chi connectivity index (χ0n) is 20.6. The molecule has 2 aliphatic rings. The number of carbonyl (C=O) groups is 2. The van der Waals surface area contributed by atoms with Gasteiger partial charge in [-0.25, -0.2) is 0 Å². The number of hydrogen-bond donors (Lipinski definition) is 2. The van der Waals surface area contributed by atoms with E-state index in [4.69, 9.17) is 4.74 Å². The van der Waals surface area contributed by atoms with Gasteiger partial charge in [-0.05, 0) is 50.9 Å². The van der Waals surface area contributed by atoms with Crippen molar-refractivity contribution in [1.82, 2.24) is 9.80 Å². The number of ether oxygens (including phenoxy) is 1. The lowest BCUT2D eigenvalue weighted by Gasteiger charge is -2.34. The van der Waals surface area contributed by atoms with Gasteiger partial charge < -0.3 is 25.0 Å². The molecule has 3 atom stereocenters. The van der Waals surface area contributed by atoms with Crippen LogP contribution in [0.1, 0.15) is 45.1 Å². The van der Waals surface area contributed by atoms with Crippen molar-refractivity contribution in [2.24, 2.45) is 11.8 Å². The van der Waals surface area contributed by atoms with Gasteiger partial charge in [0.15, 0.2) is 0 Å². The second kappa shape index (κ2) is 11.6. The van der Waals surface area contributed by atoms with Gasteiger partial charge >= 0.3 is 6.18 Å². The predicted molar refractivity (Wildman–Crippen MR) is 126 cm³/mol. The van der Waals surface area contributed by atoms with Crippen molar-refractivity contribution in [2.75, 3.05) is 38.6 Å². The molecule has 1 heterocycles. The fraction of sp³-hybridized carbons (Fsp3) is 0.680. The van der Waals surface area contributed by atoms with E-state index in [9.17, 15) is 27.9 Å². The number of halogens is 3. The van der Waals surface area contributed by atoms with Crippen LogP contribution in [-0.2, 0) is 16.0 Å². The SMILES string of the molecule is C[C@@H]1CN([C@@H](C)CO)C(=O)Cc2cc(NC(=O)CCC(F)(F)F)ccc2O[C@H]1CN(C)CC1CC1. The van der Waals surface area contributed by atoms with Crippen molar-refractivity contribution in [2.45, 2.75) is 64.3 Å². The summed E-state index contributed by atoms with van der Waals surface area (Å²) in [5.74, 6) is 0.288. The molecule has 7 nitrogen and oxygen atoms in total. The van der Waals surface area contributed by atoms with Crippen LogP contribution in [0.2, 0.25) is 0 Å². The van der Waals surface area contributed by atoms with E-state index in [2.05, 4.69) is 17.3 Å². The maximum Gasteiger partial charge on any atom is 0.389 e. The van der Waals surface area contributed by atoms with E-state index in [1.54, 1.807) is 30.0 Å². The van der Waals surface area contributed by atoms with E-state index in [-0.39, 0.29) is 37.0 Å². The zero-order chi connectivity index (χ0) is 25.8. The minimum absolute atomic E-state index is 0.0106. The molecule has 10 heteroatoms. The number of alkyl halides is 3. The number of fused-ring (bicyclic) bond motifs is 1. The summed E-state index contributed by atoms with van der Waals surface area (Å²) < 4.78 is 43.8. The van der Waals surface area contributed by atoms with Crippen molar-refractivity contribution >= 4 is 17.5 Å². The van der Waals surface area contributed by atoms with Crippen molar-refractivity contribution in [3.05, 3.63) is 23.8 Å². The van der Waals surface area contributed by atoms with Gasteiger partial charge in [0.1, 0.15) is 11.9 Å². The van der Waals surface area contributed by atoms with Crippen LogP contribution in [-0.4, -0.2) is 78.3 Å². The van der Waals surface area contributed by atoms with Crippen LogP contribution in [0.3, 0.4) is 0 Å². The number of nitrogens with one attached hydrogen (secondary N) is 1. The van der Waals surface area contributed by atoms with E-state index >= 15 is 0 Å². The summed E-state index contributed by atoms with van der Waals surface area (Å²) in [6.45, 7) is 5.72. The Morgan fingerprint density at radius 2 is 2.03 bits per heavy atom. The van der Waals surface area contributed by atoms with Gasteiger partial charge in [0.2, 0.25) is 11.8 Å². The van der Waals surface area contributed by atoms with Crippen LogP contribution >= 0.6 is 0 Å². The number of anilines is 1. The molecule has 1 aliphatic carbocycles. The number of benzene rings is 1. The number of carbonyl (C=O) groups excluding carboxylic acids is 2. The first-order valence-corrected chi connectivity index (χ1v) is 12.2. The fourth-order valence-corrected chi connectivity index (χ4v) is 4.33. The number of hydrogen-bond acceptors (Lipinski definition) is 5. The minimum atomic E-state index is -4.41. The highest BCUT2D eigenvalue weighted by molar-refractivity contribution is 5.91. The molecule has 0 saturated heterocycles. The highest BCUT2D eigenvalue weighted by Crippen LogP contribution is 2.32. The largest absolute Gasteiger partial charge is 0.488 e. The molecule has 196 valence electrons. The summed E-state index contributed by atoms with van der Waals surface area (Å²) in [7, 11) is 2.06. The molecule has 1 fully saturated rings. The van der Waals surface area contributed by atoms with Gasteiger partial charge in [0, 0.05) is 43.2 Å². The quantitative estimate of drug-likeness (QED) is 0.544. The minimum Gasteiger partial charge on any atom is -0.488 e. The van der Waals surface area contributed by atoms with Crippen LogP contribution in [0.15, 0.2) is 18.2 Å². The number of likely N-dealkylation sites (N-methyl/N-ethyl adjacent to an activating group) is 1. The van der Waals surface area contributed by atoms with Crippen LogP contribution in [0.5, 0.6) is 5.75 Å². The topological polar surface area (TPSA) is 82.1 Å². The van der Waals surface area contributed by atoms with Crippen LogP contribution in [0.4, 0.5) is 18.9 Å². The summed E-state index contributed by atoms with van der Waals surface area (Å²) in [5, 5.41) is 12.2. The second-order valence-corrected chi connectivity index (χ2v) is 10.0. The summed E-state index contributed by atoms with van der Waals surface area (Å²) in [5.41, 5.74) is 0.853. The lowest BCUT2D eigenvalue weighted by Crippen LogP contribution is -2.47. The van der Waals surface area contributed by atoms with Crippen LogP contribution in [0.25, 0.3) is 0 Å². The van der Waals surface area contributed by atoms with Gasteiger partial charge in [-0.2, -0.15) is 13.2 Å². The second-order valence-electron chi connectivity index (χ2n) is 10.0. The molecular weight excluding hydrogens is 463 g/mol. The molecule has 2 N–H and O–H groups in total. The number of rotatable bonds is 9. The number of aliphatic hydroxyl groups excluding tert-OH is 1. The van der Waals surface area contributed by atoms with Gasteiger partial charge in [-0.15, -0.1) is 0 Å². The Labute approximate surface area is 204 Å². The van der Waals surface area contributed by atoms with E-state index < -0.39 is 24.9 Å². The monoisotopic (exact) mass is 499 g/mol. The molecule has 35 heavy (non-hydrogen) atoms. The van der Waals surface area contributed by atoms with Crippen molar-refractivity contribution in [1.29, 1.82) is 0 Å². The van der Waals surface area contributed by atoms with Crippen LogP contribution < -0.4 is 10.1 Å². The Balaban J connectivity index is 1.82. The number of nitrogens with zero attached hydrogens (tertiary/aromatic N) is 2. The standard InChI is InChI=1S/C25H36F3N3O4/c1-16-12-31(17(2)15-32)24(34)11-19-10-20(29-23(33)8-9-25(26,27)28)6-7-21(19)35-22(16)14-30(3)13-18-4-5-18/h6-7,10,16-18,22,32H,4-5,8-9,11-15H2,1-3H3,(H,29,33)/t16-,17+,22+/m1/s1. The fourth-order valence-electron chi connectivity index (χ4n) is 4.33. The first-order chi connectivity index (χ1) is 16.4. The zero-order valence-corrected chi connectivity index (χ0v) is 20.6. The molecule has 0 aromatic heterocycles. The maximum absolute atomic E-state index is 13.2. The Hall–Kier alpha value is -2.33. The molecule has 1 aromatic carbocycles. The molecule has 0 spiro atoms.